The lowest BCUT2D eigenvalue weighted by molar-refractivity contribution is -0.113. The molecule has 1 aromatic carbocycles. The van der Waals surface area contributed by atoms with E-state index >= 15 is 0 Å². The Hall–Kier alpha value is -2.38. The standard InChI is InChI=1S/C17H16ClN5OS/c1-11-6-12(2)23(22-11)15-8-17(20-10-19-15)25-9-16(24)21-14-5-3-4-13(18)7-14/h3-8,10H,9H2,1-2H3,(H,21,24). The molecule has 0 spiro atoms. The van der Waals surface area contributed by atoms with Gasteiger partial charge in [0.2, 0.25) is 5.91 Å². The Morgan fingerprint density at radius 1 is 1.24 bits per heavy atom. The van der Waals surface area contributed by atoms with Gasteiger partial charge in [0, 0.05) is 22.5 Å². The van der Waals surface area contributed by atoms with Crippen LogP contribution < -0.4 is 5.32 Å². The van der Waals surface area contributed by atoms with Crippen molar-refractivity contribution in [2.24, 2.45) is 0 Å². The third-order valence-electron chi connectivity index (χ3n) is 3.31. The van der Waals surface area contributed by atoms with Crippen LogP contribution >= 0.6 is 23.4 Å². The van der Waals surface area contributed by atoms with Crippen LogP contribution in [0.25, 0.3) is 5.82 Å². The van der Waals surface area contributed by atoms with Crippen LogP contribution in [0.1, 0.15) is 11.4 Å². The maximum atomic E-state index is 12.1. The molecule has 0 aliphatic heterocycles. The molecule has 128 valence electrons. The van der Waals surface area contributed by atoms with Crippen LogP contribution in [-0.2, 0) is 4.79 Å². The zero-order chi connectivity index (χ0) is 17.8. The Balaban J connectivity index is 1.64. The maximum absolute atomic E-state index is 12.1. The third-order valence-corrected chi connectivity index (χ3v) is 4.47. The number of aryl methyl sites for hydroxylation is 2. The van der Waals surface area contributed by atoms with Gasteiger partial charge in [0.05, 0.1) is 11.4 Å². The Morgan fingerprint density at radius 3 is 2.80 bits per heavy atom. The van der Waals surface area contributed by atoms with Crippen molar-refractivity contribution >= 4 is 35.0 Å². The van der Waals surface area contributed by atoms with Crippen molar-refractivity contribution in [1.29, 1.82) is 0 Å². The summed E-state index contributed by atoms with van der Waals surface area (Å²) in [6.07, 6.45) is 1.48. The lowest BCUT2D eigenvalue weighted by Crippen LogP contribution is -2.14. The molecule has 0 saturated heterocycles. The molecule has 0 atom stereocenters. The van der Waals surface area contributed by atoms with Crippen LogP contribution in [0, 0.1) is 13.8 Å². The van der Waals surface area contributed by atoms with E-state index in [9.17, 15) is 4.79 Å². The lowest BCUT2D eigenvalue weighted by Gasteiger charge is -2.07. The number of aromatic nitrogens is 4. The van der Waals surface area contributed by atoms with Gasteiger partial charge in [-0.15, -0.1) is 0 Å². The van der Waals surface area contributed by atoms with Gasteiger partial charge in [0.25, 0.3) is 0 Å². The largest absolute Gasteiger partial charge is 0.325 e. The van der Waals surface area contributed by atoms with Gasteiger partial charge in [-0.05, 0) is 38.1 Å². The summed E-state index contributed by atoms with van der Waals surface area (Å²) in [5.74, 6) is 0.789. The molecule has 0 bridgehead atoms. The zero-order valence-corrected chi connectivity index (χ0v) is 15.3. The number of benzene rings is 1. The predicted octanol–water partition coefficient (Wildman–Crippen LogP) is 3.66. The van der Waals surface area contributed by atoms with Gasteiger partial charge in [-0.1, -0.05) is 29.4 Å². The Kier molecular flexibility index (Phi) is 5.35. The molecule has 0 aliphatic rings. The van der Waals surface area contributed by atoms with Gasteiger partial charge in [-0.25, -0.2) is 14.6 Å². The minimum Gasteiger partial charge on any atom is -0.325 e. The molecule has 2 aromatic heterocycles. The first-order valence-electron chi connectivity index (χ1n) is 7.55. The number of carbonyl (C=O) groups excluding carboxylic acids is 1. The second-order valence-corrected chi connectivity index (χ2v) is 6.83. The summed E-state index contributed by atoms with van der Waals surface area (Å²) in [5, 5.41) is 8.50. The topological polar surface area (TPSA) is 72.7 Å². The minimum atomic E-state index is -0.126. The second kappa shape index (κ2) is 7.67. The summed E-state index contributed by atoms with van der Waals surface area (Å²) in [6.45, 7) is 3.90. The van der Waals surface area contributed by atoms with Gasteiger partial charge in [-0.2, -0.15) is 5.10 Å². The first-order valence-corrected chi connectivity index (χ1v) is 8.91. The fourth-order valence-corrected chi connectivity index (χ4v) is 3.14. The zero-order valence-electron chi connectivity index (χ0n) is 13.7. The average molecular weight is 374 g/mol. The van der Waals surface area contributed by atoms with Crippen molar-refractivity contribution < 1.29 is 4.79 Å². The van der Waals surface area contributed by atoms with Crippen molar-refractivity contribution in [3.63, 3.8) is 0 Å². The van der Waals surface area contributed by atoms with Crippen LogP contribution in [0.4, 0.5) is 5.69 Å². The van der Waals surface area contributed by atoms with E-state index in [-0.39, 0.29) is 11.7 Å². The van der Waals surface area contributed by atoms with E-state index in [1.807, 2.05) is 26.0 Å². The number of hydrogen-bond donors (Lipinski definition) is 1. The number of carbonyl (C=O) groups is 1. The second-order valence-electron chi connectivity index (χ2n) is 5.40. The molecule has 0 unspecified atom stereocenters. The average Bonchev–Trinajstić information content (AvgIpc) is 2.92. The van der Waals surface area contributed by atoms with Gasteiger partial charge < -0.3 is 5.32 Å². The molecule has 8 heteroatoms. The van der Waals surface area contributed by atoms with Crippen LogP contribution in [0.5, 0.6) is 0 Å². The van der Waals surface area contributed by atoms with Crippen molar-refractivity contribution in [2.75, 3.05) is 11.1 Å². The fourth-order valence-electron chi connectivity index (χ4n) is 2.29. The number of hydrogen-bond acceptors (Lipinski definition) is 5. The van der Waals surface area contributed by atoms with E-state index in [0.717, 1.165) is 11.4 Å². The predicted molar refractivity (Wildman–Crippen MR) is 99.4 cm³/mol. The number of anilines is 1. The molecule has 1 N–H and O–H groups in total. The van der Waals surface area contributed by atoms with Crippen LogP contribution in [0.3, 0.4) is 0 Å². The quantitative estimate of drug-likeness (QED) is 0.545. The smallest absolute Gasteiger partial charge is 0.234 e. The lowest BCUT2D eigenvalue weighted by atomic mass is 10.3. The molecule has 25 heavy (non-hydrogen) atoms. The summed E-state index contributed by atoms with van der Waals surface area (Å²) < 4.78 is 1.76. The molecule has 6 nitrogen and oxygen atoms in total. The van der Waals surface area contributed by atoms with E-state index in [0.29, 0.717) is 21.6 Å². The van der Waals surface area contributed by atoms with Gasteiger partial charge in [0.15, 0.2) is 5.82 Å². The summed E-state index contributed by atoms with van der Waals surface area (Å²) >= 11 is 7.25. The highest BCUT2D eigenvalue weighted by atomic mass is 35.5. The van der Waals surface area contributed by atoms with Crippen LogP contribution in [-0.4, -0.2) is 31.4 Å². The van der Waals surface area contributed by atoms with Crippen molar-refractivity contribution in [3.8, 4) is 5.82 Å². The SMILES string of the molecule is Cc1cc(C)n(-c2cc(SCC(=O)Nc3cccc(Cl)c3)ncn2)n1. The van der Waals surface area contributed by atoms with E-state index in [2.05, 4.69) is 20.4 Å². The molecule has 1 amide bonds. The molecule has 0 radical (unpaired) electrons. The van der Waals surface area contributed by atoms with Crippen LogP contribution in [0.2, 0.25) is 5.02 Å². The number of rotatable bonds is 5. The first-order chi connectivity index (χ1) is 12.0. The molecule has 3 aromatic rings. The van der Waals surface area contributed by atoms with Gasteiger partial charge in [0.1, 0.15) is 11.4 Å². The number of nitrogens with one attached hydrogen (secondary N) is 1. The summed E-state index contributed by atoms with van der Waals surface area (Å²) in [5.41, 5.74) is 2.58. The Morgan fingerprint density at radius 2 is 2.08 bits per heavy atom. The van der Waals surface area contributed by atoms with E-state index < -0.39 is 0 Å². The molecule has 0 aliphatic carbocycles. The maximum Gasteiger partial charge on any atom is 0.234 e. The molecular weight excluding hydrogens is 358 g/mol. The summed E-state index contributed by atoms with van der Waals surface area (Å²) in [7, 11) is 0. The molecule has 0 saturated carbocycles. The van der Waals surface area contributed by atoms with Gasteiger partial charge >= 0.3 is 0 Å². The summed E-state index contributed by atoms with van der Waals surface area (Å²) in [4.78, 5) is 20.5. The first kappa shape index (κ1) is 17.4. The number of halogens is 1. The van der Waals surface area contributed by atoms with E-state index in [1.165, 1.54) is 18.1 Å². The van der Waals surface area contributed by atoms with Crippen molar-refractivity contribution in [3.05, 3.63) is 59.1 Å². The molecular formula is C17H16ClN5OS. The monoisotopic (exact) mass is 373 g/mol. The molecule has 3 rings (SSSR count). The van der Waals surface area contributed by atoms with Crippen molar-refractivity contribution in [2.45, 2.75) is 18.9 Å². The summed E-state index contributed by atoms with van der Waals surface area (Å²) in [6, 6.07) is 10.8. The number of nitrogens with zero attached hydrogens (tertiary/aromatic N) is 4. The van der Waals surface area contributed by atoms with Crippen molar-refractivity contribution in [1.82, 2.24) is 19.7 Å². The Labute approximate surface area is 154 Å². The molecule has 0 fully saturated rings. The fraction of sp³-hybridized carbons (Fsp3) is 0.176. The number of amides is 1. The van der Waals surface area contributed by atoms with Crippen LogP contribution in [0.15, 0.2) is 47.8 Å². The van der Waals surface area contributed by atoms with Gasteiger partial charge in [-0.3, -0.25) is 4.79 Å². The number of thioether (sulfide) groups is 1. The highest BCUT2D eigenvalue weighted by Crippen LogP contribution is 2.19. The highest BCUT2D eigenvalue weighted by molar-refractivity contribution is 7.99. The van der Waals surface area contributed by atoms with E-state index in [1.54, 1.807) is 28.9 Å². The normalized spacial score (nSPS) is 10.7. The highest BCUT2D eigenvalue weighted by Gasteiger charge is 2.09. The van der Waals surface area contributed by atoms with E-state index in [4.69, 9.17) is 11.6 Å². The minimum absolute atomic E-state index is 0.126. The molecule has 2 heterocycles. The Bertz CT molecular complexity index is 912. The third kappa shape index (κ3) is 4.58.